The number of nitrogens with one attached hydrogen (secondary N) is 1. The number of amides is 3. The quantitative estimate of drug-likeness (QED) is 0.175. The predicted molar refractivity (Wildman–Crippen MR) is 153 cm³/mol. The Hall–Kier alpha value is -1.80. The van der Waals surface area contributed by atoms with E-state index in [-0.39, 0.29) is 66.4 Å². The van der Waals surface area contributed by atoms with Gasteiger partial charge in [0, 0.05) is 66.2 Å². The van der Waals surface area contributed by atoms with Crippen molar-refractivity contribution in [1.82, 2.24) is 20.0 Å². The van der Waals surface area contributed by atoms with Crippen LogP contribution in [0.5, 0.6) is 0 Å². The van der Waals surface area contributed by atoms with E-state index >= 15 is 0 Å². The first-order chi connectivity index (χ1) is 19.1. The van der Waals surface area contributed by atoms with Crippen LogP contribution in [0.4, 0.5) is 0 Å². The number of carbonyl (C=O) groups is 4. The number of rotatable bonds is 13. The molecule has 0 unspecified atom stereocenters. The van der Waals surface area contributed by atoms with E-state index in [1.807, 2.05) is 11.8 Å². The maximum Gasteiger partial charge on any atom is 0.353 e. The van der Waals surface area contributed by atoms with Crippen molar-refractivity contribution in [1.29, 1.82) is 0 Å². The number of aliphatic carboxylic acids is 1. The average Bonchev–Trinajstić information content (AvgIpc) is 3.47. The van der Waals surface area contributed by atoms with E-state index in [1.54, 1.807) is 18.7 Å². The highest BCUT2D eigenvalue weighted by atomic mass is 32.2. The fourth-order valence-electron chi connectivity index (χ4n) is 6.22. The number of β-lactam (4-membered cyclic amide) rings is 1. The van der Waals surface area contributed by atoms with Crippen LogP contribution in [-0.2, 0) is 19.2 Å². The first kappa shape index (κ1) is 31.1. The van der Waals surface area contributed by atoms with Crippen LogP contribution < -0.4 is 5.32 Å². The molecule has 0 aromatic carbocycles. The normalized spacial score (nSPS) is 28.9. The van der Waals surface area contributed by atoms with Gasteiger partial charge >= 0.3 is 5.97 Å². The van der Waals surface area contributed by atoms with Crippen molar-refractivity contribution in [3.05, 3.63) is 10.6 Å². The summed E-state index contributed by atoms with van der Waals surface area (Å²) in [7, 11) is 0. The summed E-state index contributed by atoms with van der Waals surface area (Å²) in [5.74, 6) is -0.900. The minimum Gasteiger partial charge on any atom is -0.477 e. The van der Waals surface area contributed by atoms with Crippen LogP contribution in [0.2, 0.25) is 0 Å². The van der Waals surface area contributed by atoms with Gasteiger partial charge in [-0.15, -0.1) is 11.8 Å². The lowest BCUT2D eigenvalue weighted by Crippen LogP contribution is -2.63. The van der Waals surface area contributed by atoms with Gasteiger partial charge in [-0.2, -0.15) is 11.8 Å². The molecule has 3 fully saturated rings. The molecule has 3 saturated heterocycles. The predicted octanol–water partition coefficient (Wildman–Crippen LogP) is 0.561. The zero-order chi connectivity index (χ0) is 29.0. The Morgan fingerprint density at radius 1 is 1.20 bits per heavy atom. The van der Waals surface area contributed by atoms with Crippen molar-refractivity contribution < 1.29 is 34.5 Å². The molecule has 13 heteroatoms. The number of likely N-dealkylation sites (tertiary alicyclic amines) is 1. The number of thioether (sulfide) groups is 2. The summed E-state index contributed by atoms with van der Waals surface area (Å²) in [5.41, 5.74) is 0.0620. The average molecular weight is 599 g/mol. The van der Waals surface area contributed by atoms with Crippen LogP contribution in [0, 0.1) is 11.8 Å². The van der Waals surface area contributed by atoms with Gasteiger partial charge in [0.25, 0.3) is 0 Å². The summed E-state index contributed by atoms with van der Waals surface area (Å²) in [5, 5.41) is 33.0. The molecule has 4 N–H and O–H groups in total. The van der Waals surface area contributed by atoms with Crippen molar-refractivity contribution in [3.63, 3.8) is 0 Å². The van der Waals surface area contributed by atoms with E-state index in [9.17, 15) is 34.5 Å². The second-order valence-electron chi connectivity index (χ2n) is 11.2. The Bertz CT molecular complexity index is 1000. The fraction of sp³-hybridized carbons (Fsp3) is 0.778. The number of carbonyl (C=O) groups excluding carboxylic acids is 3. The molecular weight excluding hydrogens is 556 g/mol. The molecule has 6 atom stereocenters. The van der Waals surface area contributed by atoms with Gasteiger partial charge in [-0.1, -0.05) is 6.92 Å². The molecule has 0 radical (unpaired) electrons. The highest BCUT2D eigenvalue weighted by Gasteiger charge is 2.60. The summed E-state index contributed by atoms with van der Waals surface area (Å²) in [6.07, 6.45) is 3.43. The Balaban J connectivity index is 1.21. The maximum atomic E-state index is 12.8. The summed E-state index contributed by atoms with van der Waals surface area (Å²) in [6.45, 7) is 5.69. The first-order valence-electron chi connectivity index (χ1n) is 14.3. The molecule has 11 nitrogen and oxygen atoms in total. The Morgan fingerprint density at radius 3 is 2.58 bits per heavy atom. The van der Waals surface area contributed by atoms with E-state index in [0.29, 0.717) is 17.1 Å². The Kier molecular flexibility index (Phi) is 10.8. The van der Waals surface area contributed by atoms with Gasteiger partial charge in [0.1, 0.15) is 5.70 Å². The lowest BCUT2D eigenvalue weighted by atomic mass is 9.79. The topological polar surface area (TPSA) is 151 Å². The molecule has 0 saturated carbocycles. The largest absolute Gasteiger partial charge is 0.477 e. The number of carboxylic acid groups (broad SMARTS) is 1. The SMILES string of the molecule is C[C@@H](O)[C@H]1C(=O)N2C(C(=O)O)=C(S[C@@H]3CN[C@H](CSCCC(=O)N(CCO)CC(=O)N4CCCCC4)C3)[C@H](C)[C@H]12. The third kappa shape index (κ3) is 6.80. The van der Waals surface area contributed by atoms with E-state index in [1.165, 1.54) is 21.6 Å². The van der Waals surface area contributed by atoms with Crippen LogP contribution in [0.15, 0.2) is 10.6 Å². The molecule has 0 aromatic heterocycles. The first-order valence-corrected chi connectivity index (χ1v) is 16.3. The standard InChI is InChI=1S/C27H42N4O7S2/c1-16-23-22(17(2)33)26(36)31(23)24(27(37)38)25(16)40-19-12-18(28-13-19)15-39-11-6-20(34)30(9-10-32)14-21(35)29-7-4-3-5-8-29/h16-19,22-23,28,32-33H,3-15H2,1-2H3,(H,37,38)/t16-,17-,18+,19+,22-,23-/m1/s1. The highest BCUT2D eigenvalue weighted by molar-refractivity contribution is 8.03. The molecule has 4 aliphatic rings. The van der Waals surface area contributed by atoms with E-state index in [0.717, 1.165) is 51.1 Å². The second-order valence-corrected chi connectivity index (χ2v) is 13.6. The lowest BCUT2D eigenvalue weighted by Gasteiger charge is -2.46. The van der Waals surface area contributed by atoms with Crippen molar-refractivity contribution in [2.45, 2.75) is 69.4 Å². The molecule has 0 aromatic rings. The molecular formula is C27H42N4O7S2. The second kappa shape index (κ2) is 13.9. The number of hydrogen-bond donors (Lipinski definition) is 4. The highest BCUT2D eigenvalue weighted by Crippen LogP contribution is 2.51. The zero-order valence-corrected chi connectivity index (χ0v) is 24.9. The van der Waals surface area contributed by atoms with Crippen LogP contribution in [0.25, 0.3) is 0 Å². The van der Waals surface area contributed by atoms with Crippen LogP contribution in [-0.4, -0.2) is 128 Å². The summed E-state index contributed by atoms with van der Waals surface area (Å²) in [4.78, 5) is 55.3. The maximum absolute atomic E-state index is 12.8. The molecule has 40 heavy (non-hydrogen) atoms. The van der Waals surface area contributed by atoms with Crippen molar-refractivity contribution in [3.8, 4) is 0 Å². The molecule has 0 spiro atoms. The minimum absolute atomic E-state index is 0.0155. The lowest BCUT2D eigenvalue weighted by molar-refractivity contribution is -0.163. The molecule has 4 rings (SSSR count). The van der Waals surface area contributed by atoms with Gasteiger partial charge in [-0.3, -0.25) is 14.4 Å². The van der Waals surface area contributed by atoms with E-state index < -0.39 is 18.0 Å². The summed E-state index contributed by atoms with van der Waals surface area (Å²) >= 11 is 3.19. The summed E-state index contributed by atoms with van der Waals surface area (Å²) in [6, 6.07) is -0.0822. The number of carboxylic acids is 1. The molecule has 3 amide bonds. The molecule has 0 bridgehead atoms. The van der Waals surface area contributed by atoms with Crippen molar-refractivity contribution >= 4 is 47.2 Å². The smallest absolute Gasteiger partial charge is 0.353 e. The molecule has 4 heterocycles. The van der Waals surface area contributed by atoms with Crippen LogP contribution >= 0.6 is 23.5 Å². The van der Waals surface area contributed by atoms with Gasteiger partial charge in [0.05, 0.1) is 31.2 Å². The minimum atomic E-state index is -1.11. The molecule has 4 aliphatic heterocycles. The Morgan fingerprint density at radius 2 is 1.93 bits per heavy atom. The van der Waals surface area contributed by atoms with Gasteiger partial charge in [-0.05, 0) is 32.6 Å². The number of aliphatic hydroxyl groups is 2. The number of aliphatic hydroxyl groups excluding tert-OH is 2. The molecule has 0 aliphatic carbocycles. The number of hydrogen-bond acceptors (Lipinski definition) is 9. The zero-order valence-electron chi connectivity index (χ0n) is 23.3. The van der Waals surface area contributed by atoms with Gasteiger partial charge in [0.2, 0.25) is 17.7 Å². The number of nitrogens with zero attached hydrogens (tertiary/aromatic N) is 3. The van der Waals surface area contributed by atoms with Crippen LogP contribution in [0.3, 0.4) is 0 Å². The van der Waals surface area contributed by atoms with Crippen molar-refractivity contribution in [2.24, 2.45) is 11.8 Å². The number of piperidine rings is 1. The van der Waals surface area contributed by atoms with Gasteiger partial charge in [-0.25, -0.2) is 4.79 Å². The number of fused-ring (bicyclic) bond motifs is 1. The van der Waals surface area contributed by atoms with Gasteiger partial charge in [0.15, 0.2) is 0 Å². The third-order valence-electron chi connectivity index (χ3n) is 8.32. The van der Waals surface area contributed by atoms with E-state index in [2.05, 4.69) is 5.32 Å². The molecule has 224 valence electrons. The van der Waals surface area contributed by atoms with Crippen molar-refractivity contribution in [2.75, 3.05) is 50.8 Å². The third-order valence-corrected chi connectivity index (χ3v) is 11.0. The van der Waals surface area contributed by atoms with E-state index in [4.69, 9.17) is 0 Å². The monoisotopic (exact) mass is 598 g/mol. The van der Waals surface area contributed by atoms with Gasteiger partial charge < -0.3 is 35.3 Å². The summed E-state index contributed by atoms with van der Waals surface area (Å²) < 4.78 is 0. The van der Waals surface area contributed by atoms with Crippen LogP contribution in [0.1, 0.15) is 46.0 Å². The Labute approximate surface area is 244 Å². The fourth-order valence-corrected chi connectivity index (χ4v) is 8.76.